The minimum atomic E-state index is -1.06. The second-order valence-electron chi connectivity index (χ2n) is 6.25. The first-order valence-corrected chi connectivity index (χ1v) is 8.48. The number of hydrogen-bond acceptors (Lipinski definition) is 4. The van der Waals surface area contributed by atoms with Gasteiger partial charge in [0, 0.05) is 17.9 Å². The van der Waals surface area contributed by atoms with E-state index >= 15 is 0 Å². The van der Waals surface area contributed by atoms with Gasteiger partial charge < -0.3 is 20.5 Å². The average molecular weight is 348 g/mol. The Morgan fingerprint density at radius 1 is 1.36 bits per heavy atom. The molecule has 3 atom stereocenters. The van der Waals surface area contributed by atoms with Gasteiger partial charge >= 0.3 is 5.97 Å². The van der Waals surface area contributed by atoms with Gasteiger partial charge in [-0.05, 0) is 37.0 Å². The number of ether oxygens (including phenoxy) is 1. The smallest absolute Gasteiger partial charge is 0.326 e. The first-order chi connectivity index (χ1) is 11.9. The van der Waals surface area contributed by atoms with Crippen LogP contribution in [0, 0.1) is 5.92 Å². The van der Waals surface area contributed by atoms with Gasteiger partial charge in [-0.25, -0.2) is 4.79 Å². The van der Waals surface area contributed by atoms with Crippen molar-refractivity contribution in [1.82, 2.24) is 5.32 Å². The molecule has 1 unspecified atom stereocenters. The van der Waals surface area contributed by atoms with Crippen molar-refractivity contribution in [2.45, 2.75) is 45.3 Å². The third-order valence-corrected chi connectivity index (χ3v) is 4.38. The molecule has 0 spiro atoms. The highest BCUT2D eigenvalue weighted by Gasteiger charge is 2.26. The van der Waals surface area contributed by atoms with E-state index in [1.54, 1.807) is 25.1 Å². The van der Waals surface area contributed by atoms with E-state index in [1.165, 1.54) is 6.07 Å². The lowest BCUT2D eigenvalue weighted by molar-refractivity contribution is -0.140. The Bertz CT molecular complexity index is 640. The van der Waals surface area contributed by atoms with Gasteiger partial charge in [0.25, 0.3) is 11.8 Å². The Kier molecular flexibility index (Phi) is 6.52. The molecule has 1 aliphatic heterocycles. The molecule has 25 heavy (non-hydrogen) atoms. The number of carboxylic acid groups (broad SMARTS) is 1. The number of rotatable bonds is 7. The highest BCUT2D eigenvalue weighted by atomic mass is 16.5. The van der Waals surface area contributed by atoms with E-state index in [0.717, 1.165) is 6.42 Å². The van der Waals surface area contributed by atoms with E-state index in [9.17, 15) is 19.5 Å². The predicted molar refractivity (Wildman–Crippen MR) is 92.4 cm³/mol. The van der Waals surface area contributed by atoms with E-state index < -0.39 is 24.0 Å². The molecular weight excluding hydrogens is 324 g/mol. The molecule has 1 aromatic rings. The molecule has 2 rings (SSSR count). The summed E-state index contributed by atoms with van der Waals surface area (Å²) < 4.78 is 5.33. The third kappa shape index (κ3) is 5.03. The molecule has 1 heterocycles. The van der Waals surface area contributed by atoms with Gasteiger partial charge in [-0.1, -0.05) is 26.3 Å². The van der Waals surface area contributed by atoms with Crippen LogP contribution in [0.4, 0.5) is 5.69 Å². The van der Waals surface area contributed by atoms with Crippen molar-refractivity contribution in [2.24, 2.45) is 5.92 Å². The number of carboxylic acids is 1. The number of nitrogens with one attached hydrogen (secondary N) is 2. The first kappa shape index (κ1) is 18.9. The van der Waals surface area contributed by atoms with Crippen LogP contribution in [0.2, 0.25) is 0 Å². The molecule has 7 nitrogen and oxygen atoms in total. The highest BCUT2D eigenvalue weighted by Crippen LogP contribution is 2.17. The van der Waals surface area contributed by atoms with Gasteiger partial charge in [0.05, 0.1) is 0 Å². The molecule has 1 saturated heterocycles. The zero-order valence-corrected chi connectivity index (χ0v) is 14.5. The largest absolute Gasteiger partial charge is 0.480 e. The molecule has 0 aliphatic carbocycles. The zero-order chi connectivity index (χ0) is 18.4. The molecule has 0 radical (unpaired) electrons. The summed E-state index contributed by atoms with van der Waals surface area (Å²) in [5, 5.41) is 14.6. The number of carbonyl (C=O) groups excluding carboxylic acids is 2. The third-order valence-electron chi connectivity index (χ3n) is 4.38. The summed E-state index contributed by atoms with van der Waals surface area (Å²) in [5.74, 6) is -1.98. The maximum Gasteiger partial charge on any atom is 0.326 e. The Morgan fingerprint density at radius 3 is 2.72 bits per heavy atom. The summed E-state index contributed by atoms with van der Waals surface area (Å²) >= 11 is 0. The van der Waals surface area contributed by atoms with E-state index in [-0.39, 0.29) is 11.8 Å². The SMILES string of the molecule is CC[C@H](C)[C@H](NC(=O)c1cccc(NC(=O)C2CCCO2)c1)C(=O)O. The fraction of sp³-hybridized carbons (Fsp3) is 0.500. The number of amides is 2. The van der Waals surface area contributed by atoms with E-state index in [1.807, 2.05) is 6.92 Å². The molecule has 0 aromatic heterocycles. The van der Waals surface area contributed by atoms with E-state index in [4.69, 9.17) is 4.74 Å². The van der Waals surface area contributed by atoms with Crippen LogP contribution in [0.3, 0.4) is 0 Å². The van der Waals surface area contributed by atoms with Crippen molar-refractivity contribution in [3.63, 3.8) is 0 Å². The standard InChI is InChI=1S/C18H24N2O5/c1-3-11(2)15(18(23)24)20-16(21)12-6-4-7-13(10-12)19-17(22)14-8-5-9-25-14/h4,6-7,10-11,14-15H,3,5,8-9H2,1-2H3,(H,19,22)(H,20,21)(H,23,24)/t11-,14?,15-/m0/s1. The van der Waals surface area contributed by atoms with Crippen LogP contribution in [0.15, 0.2) is 24.3 Å². The topological polar surface area (TPSA) is 105 Å². The van der Waals surface area contributed by atoms with E-state index in [2.05, 4.69) is 10.6 Å². The van der Waals surface area contributed by atoms with Crippen LogP contribution in [0.25, 0.3) is 0 Å². The second-order valence-corrected chi connectivity index (χ2v) is 6.25. The van der Waals surface area contributed by atoms with Crippen LogP contribution in [-0.4, -0.2) is 41.6 Å². The monoisotopic (exact) mass is 348 g/mol. The molecule has 136 valence electrons. The minimum absolute atomic E-state index is 0.191. The number of benzene rings is 1. The number of hydrogen-bond donors (Lipinski definition) is 3. The zero-order valence-electron chi connectivity index (χ0n) is 14.5. The van der Waals surface area contributed by atoms with E-state index in [0.29, 0.717) is 30.7 Å². The lowest BCUT2D eigenvalue weighted by Crippen LogP contribution is -2.45. The maximum absolute atomic E-state index is 12.4. The molecular formula is C18H24N2O5. The number of aliphatic carboxylic acids is 1. The maximum atomic E-state index is 12.4. The predicted octanol–water partition coefficient (Wildman–Crippen LogP) is 2.03. The second kappa shape index (κ2) is 8.62. The molecule has 1 aromatic carbocycles. The van der Waals surface area contributed by atoms with Crippen molar-refractivity contribution in [2.75, 3.05) is 11.9 Å². The lowest BCUT2D eigenvalue weighted by Gasteiger charge is -2.20. The molecule has 1 aliphatic rings. The molecule has 7 heteroatoms. The Balaban J connectivity index is 2.05. The normalized spacial score (nSPS) is 19.0. The van der Waals surface area contributed by atoms with Gasteiger partial charge in [0.15, 0.2) is 0 Å². The molecule has 3 N–H and O–H groups in total. The fourth-order valence-corrected chi connectivity index (χ4v) is 2.65. The Morgan fingerprint density at radius 2 is 2.12 bits per heavy atom. The summed E-state index contributed by atoms with van der Waals surface area (Å²) in [6.45, 7) is 4.22. The number of carbonyl (C=O) groups is 3. The van der Waals surface area contributed by atoms with Crippen LogP contribution >= 0.6 is 0 Å². The van der Waals surface area contributed by atoms with Gasteiger partial charge in [-0.3, -0.25) is 9.59 Å². The first-order valence-electron chi connectivity index (χ1n) is 8.48. The van der Waals surface area contributed by atoms with Gasteiger partial charge in [0.2, 0.25) is 0 Å². The highest BCUT2D eigenvalue weighted by molar-refractivity contribution is 5.99. The summed E-state index contributed by atoms with van der Waals surface area (Å²) in [4.78, 5) is 35.8. The summed E-state index contributed by atoms with van der Waals surface area (Å²) in [7, 11) is 0. The van der Waals surface area contributed by atoms with Crippen LogP contribution in [0.1, 0.15) is 43.5 Å². The quantitative estimate of drug-likeness (QED) is 0.699. The van der Waals surface area contributed by atoms with Gasteiger partial charge in [0.1, 0.15) is 12.1 Å². The number of anilines is 1. The fourth-order valence-electron chi connectivity index (χ4n) is 2.65. The van der Waals surface area contributed by atoms with Crippen LogP contribution in [-0.2, 0) is 14.3 Å². The lowest BCUT2D eigenvalue weighted by atomic mass is 9.99. The molecule has 1 fully saturated rings. The van der Waals surface area contributed by atoms with Crippen molar-refractivity contribution >= 4 is 23.5 Å². The Hall–Kier alpha value is -2.41. The molecule has 0 bridgehead atoms. The molecule has 0 saturated carbocycles. The van der Waals surface area contributed by atoms with Gasteiger partial charge in [-0.15, -0.1) is 0 Å². The minimum Gasteiger partial charge on any atom is -0.480 e. The molecule has 2 amide bonds. The summed E-state index contributed by atoms with van der Waals surface area (Å²) in [6.07, 6.45) is 1.71. The van der Waals surface area contributed by atoms with Crippen molar-refractivity contribution < 1.29 is 24.2 Å². The van der Waals surface area contributed by atoms with Crippen molar-refractivity contribution in [3.05, 3.63) is 29.8 Å². The van der Waals surface area contributed by atoms with Crippen molar-refractivity contribution in [1.29, 1.82) is 0 Å². The summed E-state index contributed by atoms with van der Waals surface area (Å²) in [6, 6.07) is 5.46. The van der Waals surface area contributed by atoms with Gasteiger partial charge in [-0.2, -0.15) is 0 Å². The van der Waals surface area contributed by atoms with Crippen molar-refractivity contribution in [3.8, 4) is 0 Å². The Labute approximate surface area is 146 Å². The van der Waals surface area contributed by atoms with Crippen LogP contribution < -0.4 is 10.6 Å². The average Bonchev–Trinajstić information content (AvgIpc) is 3.13. The summed E-state index contributed by atoms with van der Waals surface area (Å²) in [5.41, 5.74) is 0.767. The van der Waals surface area contributed by atoms with Crippen LogP contribution in [0.5, 0.6) is 0 Å².